The van der Waals surface area contributed by atoms with Crippen LogP contribution >= 0.6 is 0 Å². The van der Waals surface area contributed by atoms with Crippen molar-refractivity contribution in [3.05, 3.63) is 52.6 Å². The van der Waals surface area contributed by atoms with Crippen LogP contribution in [0.4, 0.5) is 0 Å². The van der Waals surface area contributed by atoms with Gasteiger partial charge in [-0.3, -0.25) is 4.79 Å². The highest BCUT2D eigenvalue weighted by Gasteiger charge is 2.16. The van der Waals surface area contributed by atoms with Crippen LogP contribution in [0.1, 0.15) is 12.8 Å². The summed E-state index contributed by atoms with van der Waals surface area (Å²) in [5.41, 5.74) is 0.0218. The van der Waals surface area contributed by atoms with Gasteiger partial charge in [0, 0.05) is 6.42 Å². The fourth-order valence-electron chi connectivity index (χ4n) is 2.04. The molecule has 2 aromatic rings. The van der Waals surface area contributed by atoms with E-state index in [4.69, 9.17) is 13.9 Å². The van der Waals surface area contributed by atoms with E-state index in [0.29, 0.717) is 29.9 Å². The number of rotatable bonds is 3. The molecule has 1 saturated heterocycles. The fraction of sp³-hybridized carbons (Fsp3) is 0.200. The molecule has 5 nitrogen and oxygen atoms in total. The average molecular weight is 272 g/mol. The second-order valence-electron chi connectivity index (χ2n) is 4.38. The maximum absolute atomic E-state index is 11.4. The SMILES string of the molecule is O=C1CC/C(=C/COc2cc(=O)oc3ccccc23)O1. The molecule has 5 heteroatoms. The second-order valence-corrected chi connectivity index (χ2v) is 4.38. The van der Waals surface area contributed by atoms with E-state index >= 15 is 0 Å². The van der Waals surface area contributed by atoms with E-state index in [-0.39, 0.29) is 12.6 Å². The molecule has 1 aliphatic rings. The van der Waals surface area contributed by atoms with Gasteiger partial charge in [-0.25, -0.2) is 4.79 Å². The molecule has 3 rings (SSSR count). The summed E-state index contributed by atoms with van der Waals surface area (Å²) in [4.78, 5) is 22.4. The van der Waals surface area contributed by atoms with Crippen LogP contribution in [0.25, 0.3) is 11.0 Å². The minimum absolute atomic E-state index is 0.220. The van der Waals surface area contributed by atoms with Crippen LogP contribution in [-0.2, 0) is 9.53 Å². The Morgan fingerprint density at radius 3 is 2.85 bits per heavy atom. The topological polar surface area (TPSA) is 65.7 Å². The van der Waals surface area contributed by atoms with Crippen molar-refractivity contribution in [3.63, 3.8) is 0 Å². The molecule has 0 atom stereocenters. The Morgan fingerprint density at radius 1 is 1.20 bits per heavy atom. The van der Waals surface area contributed by atoms with E-state index in [2.05, 4.69) is 0 Å². The molecule has 2 heterocycles. The summed E-state index contributed by atoms with van der Waals surface area (Å²) in [5, 5.41) is 0.730. The van der Waals surface area contributed by atoms with Crippen LogP contribution in [-0.4, -0.2) is 12.6 Å². The van der Waals surface area contributed by atoms with E-state index in [1.165, 1.54) is 6.07 Å². The monoisotopic (exact) mass is 272 g/mol. The molecule has 0 amide bonds. The average Bonchev–Trinajstić information content (AvgIpc) is 2.84. The first-order chi connectivity index (χ1) is 9.72. The quantitative estimate of drug-likeness (QED) is 0.634. The van der Waals surface area contributed by atoms with E-state index in [1.807, 2.05) is 12.1 Å². The maximum Gasteiger partial charge on any atom is 0.339 e. The second kappa shape index (κ2) is 5.21. The lowest BCUT2D eigenvalue weighted by atomic mass is 10.2. The predicted molar refractivity (Wildman–Crippen MR) is 71.4 cm³/mol. The number of benzene rings is 1. The molecule has 0 N–H and O–H groups in total. The van der Waals surface area contributed by atoms with Crippen molar-refractivity contribution in [3.8, 4) is 5.75 Å². The first-order valence-electron chi connectivity index (χ1n) is 6.28. The number of carbonyl (C=O) groups excluding carboxylic acids is 1. The zero-order valence-electron chi connectivity index (χ0n) is 10.6. The molecular formula is C15H12O5. The molecule has 1 fully saturated rings. The zero-order valence-corrected chi connectivity index (χ0v) is 10.6. The molecule has 0 spiro atoms. The van der Waals surface area contributed by atoms with Gasteiger partial charge in [0.2, 0.25) is 0 Å². The summed E-state index contributed by atoms with van der Waals surface area (Å²) < 4.78 is 15.6. The van der Waals surface area contributed by atoms with Gasteiger partial charge in [0.15, 0.2) is 0 Å². The number of esters is 1. The van der Waals surface area contributed by atoms with Crippen molar-refractivity contribution < 1.29 is 18.7 Å². The van der Waals surface area contributed by atoms with Crippen molar-refractivity contribution >= 4 is 16.9 Å². The Balaban J connectivity index is 1.81. The molecule has 1 aromatic carbocycles. The van der Waals surface area contributed by atoms with Crippen LogP contribution in [0.15, 0.2) is 51.4 Å². The lowest BCUT2D eigenvalue weighted by Gasteiger charge is -2.06. The first kappa shape index (κ1) is 12.5. The normalized spacial score (nSPS) is 16.6. The molecule has 0 radical (unpaired) electrons. The highest BCUT2D eigenvalue weighted by atomic mass is 16.5. The molecule has 1 aromatic heterocycles. The van der Waals surface area contributed by atoms with Crippen LogP contribution < -0.4 is 10.4 Å². The Morgan fingerprint density at radius 2 is 2.05 bits per heavy atom. The summed E-state index contributed by atoms with van der Waals surface area (Å²) >= 11 is 0. The minimum atomic E-state index is -0.460. The number of para-hydroxylation sites is 1. The molecule has 0 unspecified atom stereocenters. The maximum atomic E-state index is 11.4. The molecular weight excluding hydrogens is 260 g/mol. The van der Waals surface area contributed by atoms with Gasteiger partial charge in [-0.15, -0.1) is 0 Å². The summed E-state index contributed by atoms with van der Waals surface area (Å²) in [7, 11) is 0. The Bertz CT molecular complexity index is 741. The number of allylic oxidation sites excluding steroid dienone is 1. The third-order valence-corrected chi connectivity index (χ3v) is 2.98. The van der Waals surface area contributed by atoms with Gasteiger partial charge in [-0.05, 0) is 18.2 Å². The number of ether oxygens (including phenoxy) is 2. The van der Waals surface area contributed by atoms with E-state index < -0.39 is 5.63 Å². The fourth-order valence-corrected chi connectivity index (χ4v) is 2.04. The zero-order chi connectivity index (χ0) is 13.9. The van der Waals surface area contributed by atoms with Crippen molar-refractivity contribution in [1.29, 1.82) is 0 Å². The van der Waals surface area contributed by atoms with Gasteiger partial charge in [-0.2, -0.15) is 0 Å². The molecule has 1 aliphatic heterocycles. The highest BCUT2D eigenvalue weighted by molar-refractivity contribution is 5.82. The Hall–Kier alpha value is -2.56. The summed E-state index contributed by atoms with van der Waals surface area (Å²) in [6, 6.07) is 8.46. The standard InChI is InChI=1S/C15H12O5/c16-14-6-5-10(19-14)7-8-18-13-9-15(17)20-12-4-2-1-3-11(12)13/h1-4,7,9H,5-6,8H2/b10-7-. The first-order valence-corrected chi connectivity index (χ1v) is 6.28. The van der Waals surface area contributed by atoms with Gasteiger partial charge in [0.1, 0.15) is 23.7 Å². The molecule has 0 saturated carbocycles. The van der Waals surface area contributed by atoms with Gasteiger partial charge >= 0.3 is 11.6 Å². The van der Waals surface area contributed by atoms with Crippen molar-refractivity contribution in [2.45, 2.75) is 12.8 Å². The molecule has 0 bridgehead atoms. The van der Waals surface area contributed by atoms with Crippen LogP contribution in [0, 0.1) is 0 Å². The molecule has 20 heavy (non-hydrogen) atoms. The predicted octanol–water partition coefficient (Wildman–Crippen LogP) is 2.39. The van der Waals surface area contributed by atoms with Gasteiger partial charge < -0.3 is 13.9 Å². The highest BCUT2D eigenvalue weighted by Crippen LogP contribution is 2.23. The van der Waals surface area contributed by atoms with Crippen LogP contribution in [0.3, 0.4) is 0 Å². The van der Waals surface area contributed by atoms with Gasteiger partial charge in [0.05, 0.1) is 17.9 Å². The lowest BCUT2D eigenvalue weighted by Crippen LogP contribution is -2.02. The van der Waals surface area contributed by atoms with Crippen molar-refractivity contribution in [2.24, 2.45) is 0 Å². The number of hydrogen-bond acceptors (Lipinski definition) is 5. The Labute approximate surface area is 114 Å². The number of hydrogen-bond donors (Lipinski definition) is 0. The van der Waals surface area contributed by atoms with E-state index in [0.717, 1.165) is 5.39 Å². The van der Waals surface area contributed by atoms with Crippen LogP contribution in [0.5, 0.6) is 5.75 Å². The third-order valence-electron chi connectivity index (χ3n) is 2.98. The minimum Gasteiger partial charge on any atom is -0.488 e. The number of cyclic esters (lactones) is 1. The lowest BCUT2D eigenvalue weighted by molar-refractivity contribution is -0.135. The number of fused-ring (bicyclic) bond motifs is 1. The largest absolute Gasteiger partial charge is 0.488 e. The van der Waals surface area contributed by atoms with Crippen LogP contribution in [0.2, 0.25) is 0 Å². The van der Waals surface area contributed by atoms with Gasteiger partial charge in [0.25, 0.3) is 0 Å². The Kier molecular flexibility index (Phi) is 3.25. The van der Waals surface area contributed by atoms with E-state index in [1.54, 1.807) is 18.2 Å². The summed E-state index contributed by atoms with van der Waals surface area (Å²) in [5.74, 6) is 0.849. The third kappa shape index (κ3) is 2.56. The van der Waals surface area contributed by atoms with E-state index in [9.17, 15) is 9.59 Å². The summed E-state index contributed by atoms with van der Waals surface area (Å²) in [6.07, 6.45) is 2.71. The molecule has 0 aliphatic carbocycles. The number of carbonyl (C=O) groups is 1. The van der Waals surface area contributed by atoms with Crippen molar-refractivity contribution in [1.82, 2.24) is 0 Å². The smallest absolute Gasteiger partial charge is 0.339 e. The summed E-state index contributed by atoms with van der Waals surface area (Å²) in [6.45, 7) is 0.232. The molecule has 102 valence electrons. The van der Waals surface area contributed by atoms with Gasteiger partial charge in [-0.1, -0.05) is 12.1 Å². The van der Waals surface area contributed by atoms with Crippen molar-refractivity contribution in [2.75, 3.05) is 6.61 Å².